The predicted octanol–water partition coefficient (Wildman–Crippen LogP) is 3.49. The van der Waals surface area contributed by atoms with E-state index in [-0.39, 0.29) is 17.4 Å². The quantitative estimate of drug-likeness (QED) is 0.660. The van der Waals surface area contributed by atoms with E-state index in [1.54, 1.807) is 12.1 Å². The molecule has 3 N–H and O–H groups in total. The second kappa shape index (κ2) is 6.61. The van der Waals surface area contributed by atoms with Crippen molar-refractivity contribution in [3.05, 3.63) is 34.6 Å². The van der Waals surface area contributed by atoms with Gasteiger partial charge in [-0.25, -0.2) is 4.39 Å². The van der Waals surface area contributed by atoms with Gasteiger partial charge in [-0.3, -0.25) is 11.3 Å². The van der Waals surface area contributed by atoms with Crippen molar-refractivity contribution in [2.45, 2.75) is 44.2 Å². The van der Waals surface area contributed by atoms with Crippen molar-refractivity contribution in [3.8, 4) is 0 Å². The standard InChI is InChI=1S/C16H25ClFN3/c1-11-5-4-8-16(10-11,21(2)3)15(20-19)13-7-6-12(17)9-14(13)18/h6-7,9,11,15,20H,4-5,8,10,19H2,1-3H3. The summed E-state index contributed by atoms with van der Waals surface area (Å²) in [4.78, 5) is 2.20. The highest BCUT2D eigenvalue weighted by atomic mass is 35.5. The van der Waals surface area contributed by atoms with Gasteiger partial charge in [-0.1, -0.05) is 37.4 Å². The van der Waals surface area contributed by atoms with Gasteiger partial charge in [0.2, 0.25) is 0 Å². The molecule has 0 saturated heterocycles. The maximum atomic E-state index is 14.4. The zero-order valence-electron chi connectivity index (χ0n) is 13.0. The fraction of sp³-hybridized carbons (Fsp3) is 0.625. The van der Waals surface area contributed by atoms with E-state index >= 15 is 0 Å². The molecular formula is C16H25ClFN3. The average molecular weight is 314 g/mol. The van der Waals surface area contributed by atoms with E-state index in [1.807, 2.05) is 0 Å². The SMILES string of the molecule is CC1CCCC(C(NN)c2ccc(Cl)cc2F)(N(C)C)C1. The number of benzene rings is 1. The van der Waals surface area contributed by atoms with Crippen LogP contribution in [0.4, 0.5) is 4.39 Å². The first-order valence-electron chi connectivity index (χ1n) is 7.49. The Morgan fingerprint density at radius 3 is 2.71 bits per heavy atom. The number of rotatable bonds is 4. The molecule has 1 saturated carbocycles. The van der Waals surface area contributed by atoms with Crippen molar-refractivity contribution in [2.75, 3.05) is 14.1 Å². The molecule has 1 fully saturated rings. The topological polar surface area (TPSA) is 41.3 Å². The molecule has 3 unspecified atom stereocenters. The number of likely N-dealkylation sites (N-methyl/N-ethyl adjacent to an activating group) is 1. The Balaban J connectivity index is 2.45. The summed E-state index contributed by atoms with van der Waals surface area (Å²) in [5.74, 6) is 6.14. The van der Waals surface area contributed by atoms with Crippen LogP contribution >= 0.6 is 11.6 Å². The molecule has 0 bridgehead atoms. The lowest BCUT2D eigenvalue weighted by Crippen LogP contribution is -2.57. The van der Waals surface area contributed by atoms with Crippen molar-refractivity contribution >= 4 is 11.6 Å². The summed E-state index contributed by atoms with van der Waals surface area (Å²) in [7, 11) is 4.10. The van der Waals surface area contributed by atoms with Gasteiger partial charge in [0, 0.05) is 16.1 Å². The third kappa shape index (κ3) is 3.24. The lowest BCUT2D eigenvalue weighted by atomic mass is 9.69. The molecule has 3 nitrogen and oxygen atoms in total. The molecular weight excluding hydrogens is 289 g/mol. The molecule has 0 spiro atoms. The summed E-state index contributed by atoms with van der Waals surface area (Å²) in [5, 5.41) is 0.405. The molecule has 5 heteroatoms. The Morgan fingerprint density at radius 2 is 2.19 bits per heavy atom. The van der Waals surface area contributed by atoms with Crippen molar-refractivity contribution in [2.24, 2.45) is 11.8 Å². The molecule has 0 radical (unpaired) electrons. The van der Waals surface area contributed by atoms with E-state index < -0.39 is 0 Å². The van der Waals surface area contributed by atoms with Gasteiger partial charge in [-0.05, 0) is 45.0 Å². The number of halogens is 2. The molecule has 2 rings (SSSR count). The smallest absolute Gasteiger partial charge is 0.129 e. The van der Waals surface area contributed by atoms with E-state index in [9.17, 15) is 4.39 Å². The van der Waals surface area contributed by atoms with Gasteiger partial charge < -0.3 is 4.90 Å². The fourth-order valence-corrected chi connectivity index (χ4v) is 3.92. The zero-order valence-corrected chi connectivity index (χ0v) is 13.8. The summed E-state index contributed by atoms with van der Waals surface area (Å²) < 4.78 is 14.4. The van der Waals surface area contributed by atoms with Crippen LogP contribution in [0.3, 0.4) is 0 Å². The van der Waals surface area contributed by atoms with Crippen molar-refractivity contribution < 1.29 is 4.39 Å². The number of hydrogen-bond acceptors (Lipinski definition) is 3. The van der Waals surface area contributed by atoms with Gasteiger partial charge in [0.15, 0.2) is 0 Å². The second-order valence-corrected chi connectivity index (χ2v) is 6.90. The Bertz CT molecular complexity index is 494. The second-order valence-electron chi connectivity index (χ2n) is 6.47. The first-order chi connectivity index (χ1) is 9.90. The molecule has 0 aromatic heterocycles. The largest absolute Gasteiger partial charge is 0.302 e. The lowest BCUT2D eigenvalue weighted by molar-refractivity contribution is 0.0354. The summed E-state index contributed by atoms with van der Waals surface area (Å²) in [6.45, 7) is 2.25. The van der Waals surface area contributed by atoms with E-state index in [2.05, 4.69) is 31.3 Å². The van der Waals surface area contributed by atoms with Gasteiger partial charge in [-0.15, -0.1) is 0 Å². The Hall–Kier alpha value is -0.680. The number of hydrazine groups is 1. The molecule has 1 aromatic carbocycles. The zero-order chi connectivity index (χ0) is 15.6. The highest BCUT2D eigenvalue weighted by Crippen LogP contribution is 2.44. The molecule has 1 aromatic rings. The molecule has 21 heavy (non-hydrogen) atoms. The van der Waals surface area contributed by atoms with Crippen LogP contribution in [0.15, 0.2) is 18.2 Å². The van der Waals surface area contributed by atoms with Crippen LogP contribution in [0, 0.1) is 11.7 Å². The van der Waals surface area contributed by atoms with Crippen LogP contribution in [-0.2, 0) is 0 Å². The van der Waals surface area contributed by atoms with Crippen molar-refractivity contribution in [1.82, 2.24) is 10.3 Å². The van der Waals surface area contributed by atoms with Crippen LogP contribution in [-0.4, -0.2) is 24.5 Å². The molecule has 3 atom stereocenters. The van der Waals surface area contributed by atoms with E-state index in [0.29, 0.717) is 16.5 Å². The van der Waals surface area contributed by atoms with E-state index in [0.717, 1.165) is 19.3 Å². The third-order valence-electron chi connectivity index (χ3n) is 4.88. The minimum Gasteiger partial charge on any atom is -0.302 e. The van der Waals surface area contributed by atoms with E-state index in [1.165, 1.54) is 12.5 Å². The monoisotopic (exact) mass is 313 g/mol. The highest BCUT2D eigenvalue weighted by Gasteiger charge is 2.44. The van der Waals surface area contributed by atoms with Crippen LogP contribution in [0.1, 0.15) is 44.2 Å². The first-order valence-corrected chi connectivity index (χ1v) is 7.87. The fourth-order valence-electron chi connectivity index (χ4n) is 3.76. The number of nitrogens with one attached hydrogen (secondary N) is 1. The Morgan fingerprint density at radius 1 is 1.48 bits per heavy atom. The Labute approximate surface area is 131 Å². The van der Waals surface area contributed by atoms with Crippen molar-refractivity contribution in [1.29, 1.82) is 0 Å². The Kier molecular flexibility index (Phi) is 5.25. The predicted molar refractivity (Wildman–Crippen MR) is 85.5 cm³/mol. The van der Waals surface area contributed by atoms with Crippen LogP contribution in [0.5, 0.6) is 0 Å². The highest BCUT2D eigenvalue weighted by molar-refractivity contribution is 6.30. The van der Waals surface area contributed by atoms with Gasteiger partial charge in [0.25, 0.3) is 0 Å². The maximum absolute atomic E-state index is 14.4. The summed E-state index contributed by atoms with van der Waals surface area (Å²) >= 11 is 5.87. The van der Waals surface area contributed by atoms with E-state index in [4.69, 9.17) is 17.4 Å². The van der Waals surface area contributed by atoms with Gasteiger partial charge >= 0.3 is 0 Å². The van der Waals surface area contributed by atoms with Crippen LogP contribution < -0.4 is 11.3 Å². The minimum atomic E-state index is -0.301. The van der Waals surface area contributed by atoms with Gasteiger partial charge in [0.1, 0.15) is 5.82 Å². The van der Waals surface area contributed by atoms with Gasteiger partial charge in [0.05, 0.1) is 6.04 Å². The third-order valence-corrected chi connectivity index (χ3v) is 5.11. The molecule has 1 aliphatic carbocycles. The van der Waals surface area contributed by atoms with Crippen molar-refractivity contribution in [3.63, 3.8) is 0 Å². The van der Waals surface area contributed by atoms with Gasteiger partial charge in [-0.2, -0.15) is 0 Å². The molecule has 1 aliphatic rings. The normalized spacial score (nSPS) is 27.9. The van der Waals surface area contributed by atoms with Crippen LogP contribution in [0.2, 0.25) is 5.02 Å². The molecule has 0 amide bonds. The molecule has 0 heterocycles. The summed E-state index contributed by atoms with van der Waals surface area (Å²) in [6.07, 6.45) is 4.35. The number of nitrogens with zero attached hydrogens (tertiary/aromatic N) is 1. The summed E-state index contributed by atoms with van der Waals surface area (Å²) in [6, 6.07) is 4.57. The molecule has 0 aliphatic heterocycles. The summed E-state index contributed by atoms with van der Waals surface area (Å²) in [5.41, 5.74) is 3.27. The first kappa shape index (κ1) is 16.7. The number of nitrogens with two attached hydrogens (primary N) is 1. The molecule has 118 valence electrons. The maximum Gasteiger partial charge on any atom is 0.129 e. The minimum absolute atomic E-state index is 0.179. The number of hydrogen-bond donors (Lipinski definition) is 2. The average Bonchev–Trinajstić information content (AvgIpc) is 2.41. The van der Waals surface area contributed by atoms with Crippen LogP contribution in [0.25, 0.3) is 0 Å². The lowest BCUT2D eigenvalue weighted by Gasteiger charge is -2.50.